The number of hydrogen-bond acceptors (Lipinski definition) is 7. The van der Waals surface area contributed by atoms with E-state index in [-0.39, 0.29) is 29.5 Å². The molecule has 2 bridgehead atoms. The monoisotopic (exact) mass is 515 g/mol. The lowest BCUT2D eigenvalue weighted by Gasteiger charge is -2.48. The first-order valence-electron chi connectivity index (χ1n) is 12.7. The molecule has 1 amide bonds. The van der Waals surface area contributed by atoms with Crippen molar-refractivity contribution >= 4 is 23.0 Å². The number of carbonyl (C=O) groups excluding carboxylic acids is 2. The lowest BCUT2D eigenvalue weighted by molar-refractivity contribution is -0.305. The quantitative estimate of drug-likeness (QED) is 0.371. The molecule has 0 aromatic heterocycles. The fraction of sp³-hybridized carbons (Fsp3) is 0.571. The van der Waals surface area contributed by atoms with Crippen molar-refractivity contribution in [2.45, 2.75) is 82.5 Å². The number of esters is 1. The highest BCUT2D eigenvalue weighted by molar-refractivity contribution is 8.13. The molecule has 0 aliphatic carbocycles. The van der Waals surface area contributed by atoms with Gasteiger partial charge in [0, 0.05) is 38.3 Å². The van der Waals surface area contributed by atoms with E-state index in [1.165, 1.54) is 11.8 Å². The molecular formula is C28H37NO6S. The minimum absolute atomic E-state index is 0.00246. The summed E-state index contributed by atoms with van der Waals surface area (Å²) in [6.45, 7) is 2.41. The van der Waals surface area contributed by atoms with Crippen molar-refractivity contribution in [3.05, 3.63) is 53.6 Å². The Hall–Kier alpha value is -2.29. The summed E-state index contributed by atoms with van der Waals surface area (Å²) in [5.41, 5.74) is 2.01. The highest BCUT2D eigenvalue weighted by Gasteiger charge is 2.54. The van der Waals surface area contributed by atoms with Gasteiger partial charge in [0.25, 0.3) is 5.24 Å². The maximum Gasteiger partial charge on any atom is 0.330 e. The zero-order valence-electron chi connectivity index (χ0n) is 21.4. The molecule has 0 N–H and O–H groups in total. The lowest BCUT2D eigenvalue weighted by atomic mass is 9.90. The highest BCUT2D eigenvalue weighted by Crippen LogP contribution is 2.43. The Kier molecular flexibility index (Phi) is 9.14. The third-order valence-corrected chi connectivity index (χ3v) is 8.12. The number of nitrogens with zero attached hydrogens (tertiary/aromatic N) is 1. The van der Waals surface area contributed by atoms with Crippen molar-refractivity contribution < 1.29 is 28.5 Å². The number of benzene rings is 1. The number of ether oxygens (including phenoxy) is 4. The first-order valence-corrected chi connectivity index (χ1v) is 13.7. The van der Waals surface area contributed by atoms with Crippen molar-refractivity contribution in [3.8, 4) is 5.75 Å². The van der Waals surface area contributed by atoms with Crippen LogP contribution < -0.4 is 4.74 Å². The van der Waals surface area contributed by atoms with Crippen LogP contribution in [-0.4, -0.2) is 60.1 Å². The second-order valence-corrected chi connectivity index (χ2v) is 10.7. The molecule has 196 valence electrons. The smallest absolute Gasteiger partial charge is 0.330 e. The molecular weight excluding hydrogens is 478 g/mol. The molecule has 0 spiro atoms. The minimum Gasteiger partial charge on any atom is -0.497 e. The molecule has 36 heavy (non-hydrogen) atoms. The number of rotatable bonds is 5. The van der Waals surface area contributed by atoms with Gasteiger partial charge in [-0.15, -0.1) is 0 Å². The van der Waals surface area contributed by atoms with Gasteiger partial charge in [0.15, 0.2) is 5.79 Å². The van der Waals surface area contributed by atoms with Crippen LogP contribution in [0.4, 0.5) is 4.79 Å². The number of fused-ring (bicyclic) bond motifs is 2. The molecule has 1 aromatic carbocycles. The van der Waals surface area contributed by atoms with E-state index in [1.807, 2.05) is 36.1 Å². The predicted octanol–water partition coefficient (Wildman–Crippen LogP) is 5.63. The van der Waals surface area contributed by atoms with Crippen LogP contribution in [0.25, 0.3) is 0 Å². The van der Waals surface area contributed by atoms with Gasteiger partial charge in [0.2, 0.25) is 0 Å². The molecule has 2 fully saturated rings. The van der Waals surface area contributed by atoms with Gasteiger partial charge in [-0.2, -0.15) is 0 Å². The topological polar surface area (TPSA) is 74.3 Å². The molecule has 3 heterocycles. The van der Waals surface area contributed by atoms with Crippen LogP contribution in [0.15, 0.2) is 48.1 Å². The number of amides is 1. The number of thioether (sulfide) groups is 1. The summed E-state index contributed by atoms with van der Waals surface area (Å²) >= 11 is 1.28. The van der Waals surface area contributed by atoms with Gasteiger partial charge in [-0.3, -0.25) is 4.79 Å². The Labute approximate surface area is 218 Å². The van der Waals surface area contributed by atoms with Gasteiger partial charge < -0.3 is 23.8 Å². The van der Waals surface area contributed by atoms with E-state index in [2.05, 4.69) is 12.2 Å². The molecule has 3 aliphatic heterocycles. The normalized spacial score (nSPS) is 32.2. The second-order valence-electron chi connectivity index (χ2n) is 9.75. The van der Waals surface area contributed by atoms with Crippen LogP contribution in [-0.2, 0) is 25.5 Å². The maximum absolute atomic E-state index is 13.0. The Morgan fingerprint density at radius 3 is 2.64 bits per heavy atom. The predicted molar refractivity (Wildman–Crippen MR) is 140 cm³/mol. The third-order valence-electron chi connectivity index (χ3n) is 7.16. The summed E-state index contributed by atoms with van der Waals surface area (Å²) in [6, 6.07) is 7.42. The van der Waals surface area contributed by atoms with Gasteiger partial charge in [-0.05, 0) is 56.7 Å². The van der Waals surface area contributed by atoms with Crippen LogP contribution in [0.5, 0.6) is 5.75 Å². The molecule has 0 saturated carbocycles. The van der Waals surface area contributed by atoms with Crippen molar-refractivity contribution in [1.82, 2.24) is 4.90 Å². The first-order chi connectivity index (χ1) is 17.4. The summed E-state index contributed by atoms with van der Waals surface area (Å²) in [5.74, 6) is -0.0489. The lowest BCUT2D eigenvalue weighted by Crippen LogP contribution is -2.60. The van der Waals surface area contributed by atoms with E-state index in [9.17, 15) is 9.59 Å². The number of methoxy groups -OCH3 is 2. The molecule has 7 nitrogen and oxygen atoms in total. The molecule has 0 radical (unpaired) electrons. The van der Waals surface area contributed by atoms with E-state index < -0.39 is 5.79 Å². The van der Waals surface area contributed by atoms with Crippen LogP contribution in [0.3, 0.4) is 0 Å². The molecule has 1 aromatic rings. The molecule has 4 rings (SSSR count). The van der Waals surface area contributed by atoms with Gasteiger partial charge >= 0.3 is 5.97 Å². The van der Waals surface area contributed by atoms with Crippen molar-refractivity contribution in [1.29, 1.82) is 0 Å². The summed E-state index contributed by atoms with van der Waals surface area (Å²) in [5, 5.41) is -0.00246. The summed E-state index contributed by atoms with van der Waals surface area (Å²) in [7, 11) is 3.26. The SMILES string of the molecule is COc1ccc(CN2C(=O)SC[C@H]2[C@@]2(OC)CC3C[C@@H](CCC/C=C\CC/C(C)=C\C(=O)O3)O2)cc1. The van der Waals surface area contributed by atoms with Crippen LogP contribution in [0.1, 0.15) is 57.4 Å². The zero-order valence-corrected chi connectivity index (χ0v) is 22.3. The highest BCUT2D eigenvalue weighted by atomic mass is 32.2. The van der Waals surface area contributed by atoms with Gasteiger partial charge in [-0.1, -0.05) is 41.6 Å². The summed E-state index contributed by atoms with van der Waals surface area (Å²) in [4.78, 5) is 27.5. The first kappa shape index (κ1) is 26.8. The van der Waals surface area contributed by atoms with Gasteiger partial charge in [0.05, 0.1) is 19.3 Å². The maximum atomic E-state index is 13.0. The van der Waals surface area contributed by atoms with E-state index >= 15 is 0 Å². The molecule has 2 saturated heterocycles. The molecule has 1 unspecified atom stereocenters. The van der Waals surface area contributed by atoms with Gasteiger partial charge in [0.1, 0.15) is 11.9 Å². The number of allylic oxidation sites excluding steroid dienone is 3. The standard InChI is InChI=1S/C28H37NO6S/c1-20-9-7-5-4-6-8-10-23-16-24(34-26(30)15-20)17-28(33-3,35-23)25-19-36-27(31)29(25)18-21-11-13-22(32-2)14-12-21/h4-5,11-15,23-25H,6-10,16-19H2,1-3H3/b5-4-,20-15-/t23-,24?,25+,28-/m1/s1. The Balaban J connectivity index is 1.58. The van der Waals surface area contributed by atoms with Gasteiger partial charge in [-0.25, -0.2) is 4.79 Å². The van der Waals surface area contributed by atoms with E-state index in [0.717, 1.165) is 49.0 Å². The fourth-order valence-corrected chi connectivity index (χ4v) is 6.31. The van der Waals surface area contributed by atoms with Crippen LogP contribution >= 0.6 is 11.8 Å². The van der Waals surface area contributed by atoms with Crippen molar-refractivity contribution in [3.63, 3.8) is 0 Å². The average Bonchev–Trinajstić information content (AvgIpc) is 3.23. The fourth-order valence-electron chi connectivity index (χ4n) is 5.22. The third kappa shape index (κ3) is 6.52. The molecule has 4 atom stereocenters. The minimum atomic E-state index is -1.05. The van der Waals surface area contributed by atoms with E-state index in [0.29, 0.717) is 25.1 Å². The Morgan fingerprint density at radius 2 is 1.89 bits per heavy atom. The molecule has 3 aliphatic rings. The molecule has 8 heteroatoms. The van der Waals surface area contributed by atoms with Crippen molar-refractivity contribution in [2.75, 3.05) is 20.0 Å². The Bertz CT molecular complexity index is 977. The second kappa shape index (κ2) is 12.3. The van der Waals surface area contributed by atoms with Crippen molar-refractivity contribution in [2.24, 2.45) is 0 Å². The summed E-state index contributed by atoms with van der Waals surface area (Å²) in [6.07, 6.45) is 11.1. The summed E-state index contributed by atoms with van der Waals surface area (Å²) < 4.78 is 24.0. The number of carbonyl (C=O) groups is 2. The zero-order chi connectivity index (χ0) is 25.5. The Morgan fingerprint density at radius 1 is 1.11 bits per heavy atom. The number of hydrogen-bond donors (Lipinski definition) is 0. The largest absolute Gasteiger partial charge is 0.497 e. The van der Waals surface area contributed by atoms with Crippen LogP contribution in [0, 0.1) is 0 Å². The van der Waals surface area contributed by atoms with E-state index in [4.69, 9.17) is 18.9 Å². The average molecular weight is 516 g/mol. The van der Waals surface area contributed by atoms with E-state index in [1.54, 1.807) is 20.3 Å². The van der Waals surface area contributed by atoms with Crippen LogP contribution in [0.2, 0.25) is 0 Å².